The van der Waals surface area contributed by atoms with Crippen LogP contribution in [0.4, 0.5) is 17.1 Å². The summed E-state index contributed by atoms with van der Waals surface area (Å²) in [5.74, 6) is 0. The summed E-state index contributed by atoms with van der Waals surface area (Å²) in [6.07, 6.45) is 0. The summed E-state index contributed by atoms with van der Waals surface area (Å²) in [5.41, 5.74) is 24.4. The van der Waals surface area contributed by atoms with Crippen molar-refractivity contribution < 1.29 is 0 Å². The van der Waals surface area contributed by atoms with E-state index in [1.807, 2.05) is 11.3 Å². The van der Waals surface area contributed by atoms with E-state index in [0.29, 0.717) is 0 Å². The first kappa shape index (κ1) is 35.6. The molecule has 2 heteroatoms. The van der Waals surface area contributed by atoms with Crippen molar-refractivity contribution in [2.24, 2.45) is 0 Å². The Bertz CT molecular complexity index is 3550. The van der Waals surface area contributed by atoms with Crippen LogP contribution in [0.3, 0.4) is 0 Å². The van der Waals surface area contributed by atoms with Gasteiger partial charge in [-0.15, -0.1) is 11.3 Å². The van der Waals surface area contributed by atoms with E-state index in [0.717, 1.165) is 0 Å². The highest BCUT2D eigenvalue weighted by molar-refractivity contribution is 7.26. The predicted molar refractivity (Wildman–Crippen MR) is 265 cm³/mol. The molecule has 0 aliphatic heterocycles. The van der Waals surface area contributed by atoms with E-state index in [-0.39, 0.29) is 10.8 Å². The Labute approximate surface area is 372 Å². The first-order chi connectivity index (χ1) is 30.8. The highest BCUT2D eigenvalue weighted by Gasteiger charge is 2.53. The lowest BCUT2D eigenvalue weighted by atomic mass is 9.70. The van der Waals surface area contributed by atoms with Crippen molar-refractivity contribution in [3.63, 3.8) is 0 Å². The number of rotatable bonds is 3. The van der Waals surface area contributed by atoms with Gasteiger partial charge in [0.1, 0.15) is 0 Å². The smallest absolute Gasteiger partial charge is 0.0726 e. The molecule has 0 N–H and O–H groups in total. The van der Waals surface area contributed by atoms with Crippen molar-refractivity contribution in [3.05, 3.63) is 233 Å². The highest BCUT2D eigenvalue weighted by Crippen LogP contribution is 2.66. The van der Waals surface area contributed by atoms with Gasteiger partial charge in [-0.3, -0.25) is 0 Å². The van der Waals surface area contributed by atoms with Gasteiger partial charge in [0.15, 0.2) is 0 Å². The summed E-state index contributed by atoms with van der Waals surface area (Å²) in [5, 5.41) is 2.72. The molecule has 4 aliphatic rings. The fourth-order valence-corrected chi connectivity index (χ4v) is 13.9. The van der Waals surface area contributed by atoms with Gasteiger partial charge >= 0.3 is 0 Å². The maximum absolute atomic E-state index is 2.59. The van der Waals surface area contributed by atoms with Gasteiger partial charge in [-0.2, -0.15) is 0 Å². The second-order valence-electron chi connectivity index (χ2n) is 19.1. The number of nitrogens with zero attached hydrogens (tertiary/aromatic N) is 1. The van der Waals surface area contributed by atoms with Gasteiger partial charge in [-0.25, -0.2) is 0 Å². The molecule has 1 unspecified atom stereocenters. The largest absolute Gasteiger partial charge is 0.310 e. The molecule has 298 valence electrons. The first-order valence-corrected chi connectivity index (χ1v) is 23.2. The number of hydrogen-bond donors (Lipinski definition) is 0. The van der Waals surface area contributed by atoms with Crippen LogP contribution >= 0.6 is 11.3 Å². The number of anilines is 3. The maximum atomic E-state index is 2.59. The zero-order valence-corrected chi connectivity index (χ0v) is 36.6. The fourth-order valence-electron chi connectivity index (χ4n) is 12.7. The van der Waals surface area contributed by atoms with Gasteiger partial charge in [0.2, 0.25) is 0 Å². The third kappa shape index (κ3) is 4.33. The molecule has 14 rings (SSSR count). The summed E-state index contributed by atoms with van der Waals surface area (Å²) < 4.78 is 2.68. The molecule has 0 saturated carbocycles. The average Bonchev–Trinajstić information content (AvgIpc) is 4.06. The normalized spacial score (nSPS) is 17.2. The molecule has 63 heavy (non-hydrogen) atoms. The summed E-state index contributed by atoms with van der Waals surface area (Å²) >= 11 is 1.91. The zero-order valence-electron chi connectivity index (χ0n) is 35.8. The van der Waals surface area contributed by atoms with Gasteiger partial charge in [-0.1, -0.05) is 173 Å². The Morgan fingerprint density at radius 1 is 0.349 bits per heavy atom. The third-order valence-electron chi connectivity index (χ3n) is 15.5. The Balaban J connectivity index is 1.07. The van der Waals surface area contributed by atoms with Crippen molar-refractivity contribution >= 4 is 48.6 Å². The van der Waals surface area contributed by atoms with E-state index >= 15 is 0 Å². The number of thiophene rings is 1. The molecule has 0 bridgehead atoms. The van der Waals surface area contributed by atoms with Crippen molar-refractivity contribution in [1.29, 1.82) is 0 Å². The molecule has 1 spiro atoms. The molecule has 1 heterocycles. The molecular formula is C61H43NS. The third-order valence-corrected chi connectivity index (χ3v) is 16.6. The molecule has 0 fully saturated rings. The lowest BCUT2D eigenvalue weighted by Gasteiger charge is -2.33. The Morgan fingerprint density at radius 2 is 0.825 bits per heavy atom. The van der Waals surface area contributed by atoms with Gasteiger partial charge < -0.3 is 4.90 Å². The van der Waals surface area contributed by atoms with E-state index in [1.54, 1.807) is 0 Å². The van der Waals surface area contributed by atoms with Crippen LogP contribution in [0, 0.1) is 0 Å². The fraction of sp³-hybridized carbons (Fsp3) is 0.115. The SMILES string of the molecule is CC1(C)c2ccccc2-c2ccc(N(c3ccc4c(c3)C(C)(C)c3ccccc3-4)c3cccc4c3-c3ccccc3C43c4ccccc4-c4c3ccc3sc5ccccc5c43)cc21. The van der Waals surface area contributed by atoms with Crippen LogP contribution in [0.2, 0.25) is 0 Å². The van der Waals surface area contributed by atoms with Crippen molar-refractivity contribution in [2.45, 2.75) is 43.9 Å². The second kappa shape index (κ2) is 12.1. The van der Waals surface area contributed by atoms with Gasteiger partial charge in [0, 0.05) is 47.9 Å². The van der Waals surface area contributed by atoms with Crippen LogP contribution in [-0.4, -0.2) is 0 Å². The summed E-state index contributed by atoms with van der Waals surface area (Å²) in [6.45, 7) is 9.57. The standard InChI is InChI=1S/C61H43NS/c1-59(2)45-21-10-5-16-38(45)40-30-28-36(34-51(40)59)62(37-29-31-41-39-17-6-11-22-46(39)60(3,4)52(41)35-37)53-26-15-25-49-56(53)42-18-7-12-23-47(42)61(49)48-24-13-8-19-43(48)57-50(61)32-33-55-58(57)44-20-9-14-27-54(44)63-55/h5-35H,1-4H3. The van der Waals surface area contributed by atoms with E-state index in [2.05, 4.69) is 221 Å². The predicted octanol–water partition coefficient (Wildman–Crippen LogP) is 16.5. The lowest BCUT2D eigenvalue weighted by molar-refractivity contribution is 0.660. The van der Waals surface area contributed by atoms with Crippen LogP contribution in [0.25, 0.3) is 64.7 Å². The summed E-state index contributed by atoms with van der Waals surface area (Å²) in [7, 11) is 0. The van der Waals surface area contributed by atoms with E-state index in [4.69, 9.17) is 0 Å². The Kier molecular flexibility index (Phi) is 6.85. The van der Waals surface area contributed by atoms with Crippen molar-refractivity contribution in [3.8, 4) is 44.5 Å². The van der Waals surface area contributed by atoms with Crippen LogP contribution in [0.15, 0.2) is 188 Å². The molecule has 4 aliphatic carbocycles. The average molecular weight is 822 g/mol. The van der Waals surface area contributed by atoms with Crippen molar-refractivity contribution in [2.75, 3.05) is 4.90 Å². The first-order valence-electron chi connectivity index (χ1n) is 22.3. The van der Waals surface area contributed by atoms with Crippen LogP contribution in [-0.2, 0) is 16.2 Å². The molecule has 0 radical (unpaired) electrons. The zero-order chi connectivity index (χ0) is 42.0. The second-order valence-corrected chi connectivity index (χ2v) is 20.2. The lowest BCUT2D eigenvalue weighted by Crippen LogP contribution is -2.26. The highest BCUT2D eigenvalue weighted by atomic mass is 32.1. The van der Waals surface area contributed by atoms with E-state index in [9.17, 15) is 0 Å². The monoisotopic (exact) mass is 821 g/mol. The maximum Gasteiger partial charge on any atom is 0.0726 e. The minimum absolute atomic E-state index is 0.140. The molecule has 1 atom stereocenters. The molecular weight excluding hydrogens is 779 g/mol. The molecule has 10 aromatic rings. The summed E-state index contributed by atoms with van der Waals surface area (Å²) in [4.78, 5) is 2.59. The van der Waals surface area contributed by atoms with E-state index in [1.165, 1.54) is 126 Å². The van der Waals surface area contributed by atoms with Gasteiger partial charge in [-0.05, 0) is 126 Å². The Morgan fingerprint density at radius 3 is 1.44 bits per heavy atom. The van der Waals surface area contributed by atoms with Crippen LogP contribution in [0.1, 0.15) is 72.2 Å². The minimum Gasteiger partial charge on any atom is -0.310 e. The number of hydrogen-bond acceptors (Lipinski definition) is 2. The Hall–Kier alpha value is -7.00. The molecule has 1 nitrogen and oxygen atoms in total. The molecule has 0 saturated heterocycles. The van der Waals surface area contributed by atoms with Crippen LogP contribution < -0.4 is 4.90 Å². The number of fused-ring (bicyclic) bond motifs is 20. The van der Waals surface area contributed by atoms with Gasteiger partial charge in [0.25, 0.3) is 0 Å². The molecule has 9 aromatic carbocycles. The van der Waals surface area contributed by atoms with E-state index < -0.39 is 5.41 Å². The minimum atomic E-state index is -0.486. The van der Waals surface area contributed by atoms with Gasteiger partial charge in [0.05, 0.1) is 11.1 Å². The topological polar surface area (TPSA) is 3.24 Å². The van der Waals surface area contributed by atoms with Crippen LogP contribution in [0.5, 0.6) is 0 Å². The molecule has 0 amide bonds. The summed E-state index contributed by atoms with van der Waals surface area (Å²) in [6, 6.07) is 72.0. The molecule has 1 aromatic heterocycles. The number of benzene rings is 9. The quantitative estimate of drug-likeness (QED) is 0.172. The van der Waals surface area contributed by atoms with Crippen molar-refractivity contribution in [1.82, 2.24) is 0 Å².